The average Bonchev–Trinajstić information content (AvgIpc) is 2.86. The average molecular weight is 297 g/mol. The molecule has 0 spiro atoms. The van der Waals surface area contributed by atoms with Crippen molar-refractivity contribution in [1.29, 1.82) is 0 Å². The number of carboxylic acids is 1. The maximum absolute atomic E-state index is 11.6. The zero-order valence-corrected chi connectivity index (χ0v) is 11.5. The minimum absolute atomic E-state index is 0.0770. The predicted octanol–water partition coefficient (Wildman–Crippen LogP) is 1.45. The van der Waals surface area contributed by atoms with Crippen LogP contribution < -0.4 is 4.74 Å². The second kappa shape index (κ2) is 4.97. The second-order valence-electron chi connectivity index (χ2n) is 4.02. The summed E-state index contributed by atoms with van der Waals surface area (Å²) in [6.45, 7) is 0. The first-order valence-corrected chi connectivity index (χ1v) is 7.30. The van der Waals surface area contributed by atoms with Gasteiger partial charge in [0.15, 0.2) is 9.84 Å². The highest BCUT2D eigenvalue weighted by Crippen LogP contribution is 2.31. The normalized spacial score (nSPS) is 11.3. The Morgan fingerprint density at radius 3 is 2.55 bits per heavy atom. The molecular formula is C12H11NO6S. The summed E-state index contributed by atoms with van der Waals surface area (Å²) in [5.74, 6) is -1.24. The number of hydrogen-bond acceptors (Lipinski definition) is 6. The lowest BCUT2D eigenvalue weighted by Gasteiger charge is -2.07. The van der Waals surface area contributed by atoms with Crippen molar-refractivity contribution >= 4 is 15.8 Å². The van der Waals surface area contributed by atoms with Crippen LogP contribution in [0.4, 0.5) is 0 Å². The number of ether oxygens (including phenoxy) is 1. The van der Waals surface area contributed by atoms with Crippen molar-refractivity contribution in [2.24, 2.45) is 0 Å². The monoisotopic (exact) mass is 297 g/mol. The van der Waals surface area contributed by atoms with Gasteiger partial charge in [-0.15, -0.1) is 0 Å². The summed E-state index contributed by atoms with van der Waals surface area (Å²) >= 11 is 0. The first kappa shape index (κ1) is 14.1. The molecule has 0 aliphatic carbocycles. The Morgan fingerprint density at radius 1 is 1.35 bits per heavy atom. The van der Waals surface area contributed by atoms with E-state index >= 15 is 0 Å². The molecule has 0 aliphatic rings. The van der Waals surface area contributed by atoms with Gasteiger partial charge < -0.3 is 14.4 Å². The number of sulfone groups is 1. The van der Waals surface area contributed by atoms with E-state index in [1.54, 1.807) is 0 Å². The van der Waals surface area contributed by atoms with Gasteiger partial charge in [0.05, 0.1) is 12.0 Å². The number of aromatic carboxylic acids is 1. The topological polar surface area (TPSA) is 107 Å². The van der Waals surface area contributed by atoms with Crippen molar-refractivity contribution in [3.8, 4) is 17.0 Å². The van der Waals surface area contributed by atoms with Crippen LogP contribution in [0.15, 0.2) is 33.7 Å². The van der Waals surface area contributed by atoms with E-state index in [0.29, 0.717) is 11.3 Å². The van der Waals surface area contributed by atoms with Crippen molar-refractivity contribution in [1.82, 2.24) is 5.16 Å². The van der Waals surface area contributed by atoms with Crippen molar-refractivity contribution < 1.29 is 27.6 Å². The Kier molecular flexibility index (Phi) is 3.49. The zero-order chi connectivity index (χ0) is 14.9. The first-order chi connectivity index (χ1) is 9.32. The zero-order valence-electron chi connectivity index (χ0n) is 10.7. The van der Waals surface area contributed by atoms with Gasteiger partial charge in [-0.3, -0.25) is 0 Å². The number of nitrogens with zero attached hydrogens (tertiary/aromatic N) is 1. The Bertz CT molecular complexity index is 762. The van der Waals surface area contributed by atoms with Gasteiger partial charge in [-0.2, -0.15) is 0 Å². The fraction of sp³-hybridized carbons (Fsp3) is 0.167. The summed E-state index contributed by atoms with van der Waals surface area (Å²) in [5, 5.41) is 12.4. The van der Waals surface area contributed by atoms with E-state index in [0.717, 1.165) is 6.26 Å². The summed E-state index contributed by atoms with van der Waals surface area (Å²) < 4.78 is 32.9. The lowest BCUT2D eigenvalue weighted by Crippen LogP contribution is -1.98. The van der Waals surface area contributed by atoms with Gasteiger partial charge in [0.1, 0.15) is 11.4 Å². The quantitative estimate of drug-likeness (QED) is 0.910. The molecule has 0 amide bonds. The predicted molar refractivity (Wildman–Crippen MR) is 68.6 cm³/mol. The van der Waals surface area contributed by atoms with Gasteiger partial charge in [-0.1, -0.05) is 5.16 Å². The molecule has 0 saturated carbocycles. The van der Waals surface area contributed by atoms with Gasteiger partial charge in [0.2, 0.25) is 5.76 Å². The Balaban J connectivity index is 2.61. The highest BCUT2D eigenvalue weighted by Gasteiger charge is 2.18. The number of hydrogen-bond donors (Lipinski definition) is 1. The van der Waals surface area contributed by atoms with Crippen molar-refractivity contribution in [3.05, 3.63) is 30.0 Å². The Labute approximate surface area is 114 Å². The molecule has 0 atom stereocenters. The fourth-order valence-corrected chi connectivity index (χ4v) is 2.27. The summed E-state index contributed by atoms with van der Waals surface area (Å²) in [4.78, 5) is 10.8. The van der Waals surface area contributed by atoms with Crippen molar-refractivity contribution in [2.45, 2.75) is 4.90 Å². The minimum Gasteiger partial charge on any atom is -0.496 e. The number of rotatable bonds is 4. The summed E-state index contributed by atoms with van der Waals surface area (Å²) in [6.07, 6.45) is 1.07. The minimum atomic E-state index is -3.40. The van der Waals surface area contributed by atoms with Gasteiger partial charge >= 0.3 is 5.97 Å². The van der Waals surface area contributed by atoms with Crippen molar-refractivity contribution in [3.63, 3.8) is 0 Å². The smallest absolute Gasteiger partial charge is 0.374 e. The molecule has 20 heavy (non-hydrogen) atoms. The highest BCUT2D eigenvalue weighted by molar-refractivity contribution is 7.90. The van der Waals surface area contributed by atoms with Crippen LogP contribution in [0.3, 0.4) is 0 Å². The maximum atomic E-state index is 11.6. The van der Waals surface area contributed by atoms with Crippen LogP contribution in [0.25, 0.3) is 11.3 Å². The van der Waals surface area contributed by atoms with Crippen LogP contribution in [0.2, 0.25) is 0 Å². The number of aromatic nitrogens is 1. The van der Waals surface area contributed by atoms with Crippen molar-refractivity contribution in [2.75, 3.05) is 13.4 Å². The Hall–Kier alpha value is -2.35. The van der Waals surface area contributed by atoms with Gasteiger partial charge in [0.25, 0.3) is 0 Å². The molecule has 1 heterocycles. The molecule has 1 aromatic heterocycles. The van der Waals surface area contributed by atoms with Crippen LogP contribution in [0.1, 0.15) is 10.6 Å². The van der Waals surface area contributed by atoms with E-state index in [-0.39, 0.29) is 16.3 Å². The molecule has 8 heteroatoms. The molecule has 1 N–H and O–H groups in total. The largest absolute Gasteiger partial charge is 0.496 e. The Morgan fingerprint density at radius 2 is 2.05 bits per heavy atom. The molecule has 106 valence electrons. The van der Waals surface area contributed by atoms with Crippen LogP contribution in [-0.2, 0) is 9.84 Å². The number of carboxylic acid groups (broad SMARTS) is 1. The summed E-state index contributed by atoms with van der Waals surface area (Å²) in [5.41, 5.74) is 0.524. The van der Waals surface area contributed by atoms with E-state index in [1.807, 2.05) is 0 Å². The number of methoxy groups -OCH3 is 1. The standard InChI is InChI=1S/C12H11NO6S/c1-18-10-4-3-7(20(2,16)17)5-8(10)9-6-11(12(14)15)19-13-9/h3-6H,1-2H3,(H,14,15). The molecule has 0 aliphatic heterocycles. The van der Waals surface area contributed by atoms with Crippen LogP contribution in [-0.4, -0.2) is 38.0 Å². The molecule has 0 radical (unpaired) electrons. The number of benzene rings is 1. The van der Waals surface area contributed by atoms with E-state index < -0.39 is 15.8 Å². The SMILES string of the molecule is COc1ccc(S(C)(=O)=O)cc1-c1cc(C(=O)O)on1. The van der Waals surface area contributed by atoms with Gasteiger partial charge in [-0.25, -0.2) is 13.2 Å². The lowest BCUT2D eigenvalue weighted by atomic mass is 10.1. The first-order valence-electron chi connectivity index (χ1n) is 5.41. The summed E-state index contributed by atoms with van der Waals surface area (Å²) in [7, 11) is -1.98. The molecule has 2 rings (SSSR count). The molecule has 0 bridgehead atoms. The van der Waals surface area contributed by atoms with E-state index in [4.69, 9.17) is 9.84 Å². The van der Waals surface area contributed by atoms with Gasteiger partial charge in [0, 0.05) is 17.9 Å². The number of carbonyl (C=O) groups is 1. The molecule has 0 unspecified atom stereocenters. The van der Waals surface area contributed by atoms with E-state index in [1.165, 1.54) is 31.4 Å². The van der Waals surface area contributed by atoms with Gasteiger partial charge in [-0.05, 0) is 18.2 Å². The molecule has 0 fully saturated rings. The fourth-order valence-electron chi connectivity index (χ4n) is 1.62. The third kappa shape index (κ3) is 2.64. The highest BCUT2D eigenvalue weighted by atomic mass is 32.2. The lowest BCUT2D eigenvalue weighted by molar-refractivity contribution is 0.0652. The second-order valence-corrected chi connectivity index (χ2v) is 6.03. The van der Waals surface area contributed by atoms with Crippen LogP contribution in [0, 0.1) is 0 Å². The van der Waals surface area contributed by atoms with E-state index in [9.17, 15) is 13.2 Å². The molecular weight excluding hydrogens is 286 g/mol. The summed E-state index contributed by atoms with van der Waals surface area (Å²) in [6, 6.07) is 5.43. The van der Waals surface area contributed by atoms with Crippen LogP contribution >= 0.6 is 0 Å². The molecule has 0 saturated heterocycles. The molecule has 7 nitrogen and oxygen atoms in total. The molecule has 1 aromatic carbocycles. The third-order valence-corrected chi connectivity index (χ3v) is 3.71. The molecule has 2 aromatic rings. The maximum Gasteiger partial charge on any atom is 0.374 e. The van der Waals surface area contributed by atoms with Crippen LogP contribution in [0.5, 0.6) is 5.75 Å². The third-order valence-electron chi connectivity index (χ3n) is 2.60. The van der Waals surface area contributed by atoms with E-state index in [2.05, 4.69) is 9.68 Å².